The number of aryl methyl sites for hydroxylation is 1. The smallest absolute Gasteiger partial charge is 0.161 e. The normalized spacial score (nSPS) is 19.8. The fraction of sp³-hybridized carbons (Fsp3) is 0.417. The average Bonchev–Trinajstić information content (AvgIpc) is 2.38. The third-order valence-corrected chi connectivity index (χ3v) is 2.72. The van der Waals surface area contributed by atoms with Crippen LogP contribution in [-0.2, 0) is 4.74 Å². The summed E-state index contributed by atoms with van der Waals surface area (Å²) in [5.74, 6) is 0.819. The zero-order chi connectivity index (χ0) is 12.3. The van der Waals surface area contributed by atoms with Crippen molar-refractivity contribution in [3.8, 4) is 6.07 Å². The molecule has 1 fully saturated rings. The Balaban J connectivity index is 2.22. The number of nitrogens with zero attached hydrogens (tertiary/aromatic N) is 3. The second-order valence-electron chi connectivity index (χ2n) is 3.96. The van der Waals surface area contributed by atoms with Crippen molar-refractivity contribution in [2.24, 2.45) is 0 Å². The first-order valence-electron chi connectivity index (χ1n) is 5.42. The molecule has 1 aliphatic rings. The second-order valence-corrected chi connectivity index (χ2v) is 3.96. The summed E-state index contributed by atoms with van der Waals surface area (Å²) in [6, 6.07) is 3.90. The van der Waals surface area contributed by atoms with E-state index in [-0.39, 0.29) is 0 Å². The van der Waals surface area contributed by atoms with Crippen LogP contribution in [0.2, 0.25) is 0 Å². The van der Waals surface area contributed by atoms with Gasteiger partial charge >= 0.3 is 0 Å². The molecule has 2 rings (SSSR count). The first-order valence-corrected chi connectivity index (χ1v) is 5.42. The summed E-state index contributed by atoms with van der Waals surface area (Å²) < 4.78 is 5.28. The standard InChI is InChI=1S/C12H13N3O2/c1-9-4-10(8-16)6-14-12(9)15-2-3-17-11(5-13)7-15/h4,6,8,11H,2-3,7H2,1H3. The van der Waals surface area contributed by atoms with Gasteiger partial charge in [0, 0.05) is 18.3 Å². The summed E-state index contributed by atoms with van der Waals surface area (Å²) in [6.45, 7) is 3.66. The molecule has 0 bridgehead atoms. The fourth-order valence-corrected chi connectivity index (χ4v) is 1.90. The topological polar surface area (TPSA) is 66.2 Å². The predicted molar refractivity (Wildman–Crippen MR) is 61.9 cm³/mol. The molecular weight excluding hydrogens is 218 g/mol. The van der Waals surface area contributed by atoms with Crippen molar-refractivity contribution in [1.29, 1.82) is 5.26 Å². The lowest BCUT2D eigenvalue weighted by atomic mass is 10.2. The third-order valence-electron chi connectivity index (χ3n) is 2.72. The fourth-order valence-electron chi connectivity index (χ4n) is 1.90. The van der Waals surface area contributed by atoms with Crippen molar-refractivity contribution in [3.05, 3.63) is 23.4 Å². The Morgan fingerprint density at radius 2 is 2.53 bits per heavy atom. The minimum Gasteiger partial charge on any atom is -0.360 e. The molecule has 1 aliphatic heterocycles. The molecule has 1 unspecified atom stereocenters. The average molecular weight is 231 g/mol. The van der Waals surface area contributed by atoms with Gasteiger partial charge in [-0.1, -0.05) is 0 Å². The van der Waals surface area contributed by atoms with Crippen molar-refractivity contribution in [1.82, 2.24) is 4.98 Å². The highest BCUT2D eigenvalue weighted by Crippen LogP contribution is 2.19. The van der Waals surface area contributed by atoms with Crippen molar-refractivity contribution in [2.45, 2.75) is 13.0 Å². The number of rotatable bonds is 2. The number of morpholine rings is 1. The minimum absolute atomic E-state index is 0.407. The van der Waals surface area contributed by atoms with E-state index in [2.05, 4.69) is 11.1 Å². The van der Waals surface area contributed by atoms with Crippen LogP contribution in [0, 0.1) is 18.3 Å². The first-order chi connectivity index (χ1) is 8.24. The van der Waals surface area contributed by atoms with Gasteiger partial charge in [-0.2, -0.15) is 5.26 Å². The van der Waals surface area contributed by atoms with E-state index in [0.29, 0.717) is 25.3 Å². The van der Waals surface area contributed by atoms with Crippen LogP contribution in [-0.4, -0.2) is 37.1 Å². The van der Waals surface area contributed by atoms with E-state index < -0.39 is 6.10 Å². The van der Waals surface area contributed by atoms with Crippen LogP contribution in [0.4, 0.5) is 5.82 Å². The van der Waals surface area contributed by atoms with Crippen molar-refractivity contribution in [3.63, 3.8) is 0 Å². The number of hydrogen-bond acceptors (Lipinski definition) is 5. The zero-order valence-electron chi connectivity index (χ0n) is 9.59. The highest BCUT2D eigenvalue weighted by Gasteiger charge is 2.22. The van der Waals surface area contributed by atoms with E-state index in [9.17, 15) is 4.79 Å². The first kappa shape index (κ1) is 11.6. The van der Waals surface area contributed by atoms with E-state index >= 15 is 0 Å². The summed E-state index contributed by atoms with van der Waals surface area (Å²) in [4.78, 5) is 16.9. The molecule has 88 valence electrons. The Labute approximate surface area is 99.6 Å². The summed E-state index contributed by atoms with van der Waals surface area (Å²) in [5, 5.41) is 8.84. The molecule has 5 nitrogen and oxygen atoms in total. The van der Waals surface area contributed by atoms with E-state index in [4.69, 9.17) is 10.00 Å². The van der Waals surface area contributed by atoms with Crippen LogP contribution in [0.1, 0.15) is 15.9 Å². The van der Waals surface area contributed by atoms with Crippen molar-refractivity contribution >= 4 is 12.1 Å². The number of pyridine rings is 1. The van der Waals surface area contributed by atoms with E-state index in [1.165, 1.54) is 0 Å². The Morgan fingerprint density at radius 3 is 3.18 bits per heavy atom. The number of nitriles is 1. The Kier molecular flexibility index (Phi) is 3.35. The lowest BCUT2D eigenvalue weighted by Crippen LogP contribution is -2.42. The van der Waals surface area contributed by atoms with Crippen LogP contribution in [0.3, 0.4) is 0 Å². The molecule has 1 atom stereocenters. The molecule has 0 saturated carbocycles. The largest absolute Gasteiger partial charge is 0.360 e. The highest BCUT2D eigenvalue weighted by molar-refractivity contribution is 5.75. The monoisotopic (exact) mass is 231 g/mol. The molecule has 0 N–H and O–H groups in total. The van der Waals surface area contributed by atoms with E-state index in [1.807, 2.05) is 11.8 Å². The van der Waals surface area contributed by atoms with Gasteiger partial charge in [-0.15, -0.1) is 0 Å². The van der Waals surface area contributed by atoms with E-state index in [1.54, 1.807) is 12.3 Å². The molecule has 1 saturated heterocycles. The van der Waals surface area contributed by atoms with Gasteiger partial charge in [0.15, 0.2) is 12.4 Å². The van der Waals surface area contributed by atoms with Gasteiger partial charge in [-0.25, -0.2) is 4.98 Å². The molecule has 0 amide bonds. The molecule has 5 heteroatoms. The third kappa shape index (κ3) is 2.43. The van der Waals surface area contributed by atoms with Gasteiger partial charge in [-0.05, 0) is 18.6 Å². The molecule has 0 aromatic carbocycles. The van der Waals surface area contributed by atoms with Gasteiger partial charge < -0.3 is 9.64 Å². The summed E-state index contributed by atoms with van der Waals surface area (Å²) >= 11 is 0. The number of carbonyl (C=O) groups excluding carboxylic acids is 1. The van der Waals surface area contributed by atoms with Crippen molar-refractivity contribution in [2.75, 3.05) is 24.6 Å². The van der Waals surface area contributed by atoms with Gasteiger partial charge in [0.25, 0.3) is 0 Å². The predicted octanol–water partition coefficient (Wildman–Crippen LogP) is 0.931. The van der Waals surface area contributed by atoms with Gasteiger partial charge in [0.05, 0.1) is 19.2 Å². The molecule has 1 aromatic rings. The quantitative estimate of drug-likeness (QED) is 0.708. The molecular formula is C12H13N3O2. The van der Waals surface area contributed by atoms with Crippen LogP contribution in [0.5, 0.6) is 0 Å². The number of carbonyl (C=O) groups is 1. The van der Waals surface area contributed by atoms with E-state index in [0.717, 1.165) is 17.7 Å². The second kappa shape index (κ2) is 4.93. The van der Waals surface area contributed by atoms with Gasteiger partial charge in [0.2, 0.25) is 0 Å². The van der Waals surface area contributed by atoms with Crippen molar-refractivity contribution < 1.29 is 9.53 Å². The molecule has 0 radical (unpaired) electrons. The summed E-state index contributed by atoms with van der Waals surface area (Å²) in [7, 11) is 0. The Bertz CT molecular complexity index is 467. The van der Waals surface area contributed by atoms with Gasteiger partial charge in [0.1, 0.15) is 5.82 Å². The highest BCUT2D eigenvalue weighted by atomic mass is 16.5. The summed E-state index contributed by atoms with van der Waals surface area (Å²) in [6.07, 6.45) is 1.92. The molecule has 0 aliphatic carbocycles. The maximum atomic E-state index is 10.6. The number of aldehydes is 1. The lowest BCUT2D eigenvalue weighted by molar-refractivity contribution is 0.0761. The van der Waals surface area contributed by atoms with Crippen LogP contribution in [0.15, 0.2) is 12.3 Å². The number of aromatic nitrogens is 1. The minimum atomic E-state index is -0.407. The molecule has 0 spiro atoms. The summed E-state index contributed by atoms with van der Waals surface area (Å²) in [5.41, 5.74) is 1.50. The Hall–Kier alpha value is -1.93. The van der Waals surface area contributed by atoms with Crippen LogP contribution in [0.25, 0.3) is 0 Å². The SMILES string of the molecule is Cc1cc(C=O)cnc1N1CCOC(C#N)C1. The molecule has 1 aromatic heterocycles. The maximum Gasteiger partial charge on any atom is 0.161 e. The number of hydrogen-bond donors (Lipinski definition) is 0. The molecule has 17 heavy (non-hydrogen) atoms. The van der Waals surface area contributed by atoms with Gasteiger partial charge in [-0.3, -0.25) is 4.79 Å². The lowest BCUT2D eigenvalue weighted by Gasteiger charge is -2.31. The number of ether oxygens (including phenoxy) is 1. The zero-order valence-corrected chi connectivity index (χ0v) is 9.59. The Morgan fingerprint density at radius 1 is 1.71 bits per heavy atom. The van der Waals surface area contributed by atoms with Crippen LogP contribution < -0.4 is 4.90 Å². The molecule has 2 heterocycles. The maximum absolute atomic E-state index is 10.6. The van der Waals surface area contributed by atoms with Crippen LogP contribution >= 0.6 is 0 Å². The number of anilines is 1.